The molecule has 3 nitrogen and oxygen atoms in total. The first kappa shape index (κ1) is 13.0. The van der Waals surface area contributed by atoms with Gasteiger partial charge in [0.05, 0.1) is 17.9 Å². The monoisotopic (exact) mass is 252 g/mol. The third-order valence-corrected chi connectivity index (χ3v) is 2.81. The maximum absolute atomic E-state index is 9.15. The van der Waals surface area contributed by atoms with Crippen LogP contribution < -0.4 is 10.1 Å². The Morgan fingerprint density at radius 3 is 2.74 bits per heavy atom. The highest BCUT2D eigenvalue weighted by Gasteiger charge is 2.05. The van der Waals surface area contributed by atoms with E-state index in [0.717, 1.165) is 22.7 Å². The number of anilines is 2. The molecule has 0 aromatic heterocycles. The van der Waals surface area contributed by atoms with Gasteiger partial charge in [0.15, 0.2) is 0 Å². The Morgan fingerprint density at radius 2 is 2.00 bits per heavy atom. The Morgan fingerprint density at radius 1 is 1.21 bits per heavy atom. The van der Waals surface area contributed by atoms with E-state index in [1.807, 2.05) is 56.3 Å². The van der Waals surface area contributed by atoms with Crippen LogP contribution in [0.5, 0.6) is 5.75 Å². The first-order chi connectivity index (χ1) is 9.24. The van der Waals surface area contributed by atoms with Gasteiger partial charge < -0.3 is 10.1 Å². The summed E-state index contributed by atoms with van der Waals surface area (Å²) in [5, 5.41) is 12.4. The molecule has 0 aliphatic heterocycles. The molecule has 1 N–H and O–H groups in total. The Labute approximate surface area is 113 Å². The second kappa shape index (κ2) is 5.92. The second-order valence-electron chi connectivity index (χ2n) is 4.20. The van der Waals surface area contributed by atoms with Crippen LogP contribution in [0.15, 0.2) is 42.5 Å². The molecular formula is C16H16N2O. The lowest BCUT2D eigenvalue weighted by Crippen LogP contribution is -1.97. The van der Waals surface area contributed by atoms with Crippen LogP contribution >= 0.6 is 0 Å². The van der Waals surface area contributed by atoms with Crippen molar-refractivity contribution in [3.05, 3.63) is 53.6 Å². The number of para-hydroxylation sites is 1. The predicted octanol–water partition coefficient (Wildman–Crippen LogP) is 4.01. The summed E-state index contributed by atoms with van der Waals surface area (Å²) in [6.45, 7) is 4.57. The standard InChI is InChI=1S/C16H16N2O/c1-3-19-15-9-5-8-14(10-15)18-16-12(2)6-4-7-13(16)11-17/h4-10,18H,3H2,1-2H3. The Balaban J connectivity index is 2.31. The van der Waals surface area contributed by atoms with Crippen LogP contribution in [0.2, 0.25) is 0 Å². The smallest absolute Gasteiger partial charge is 0.121 e. The van der Waals surface area contributed by atoms with E-state index in [2.05, 4.69) is 11.4 Å². The summed E-state index contributed by atoms with van der Waals surface area (Å²) in [6.07, 6.45) is 0. The van der Waals surface area contributed by atoms with Crippen molar-refractivity contribution in [2.24, 2.45) is 0 Å². The van der Waals surface area contributed by atoms with Gasteiger partial charge in [0.25, 0.3) is 0 Å². The van der Waals surface area contributed by atoms with E-state index in [0.29, 0.717) is 12.2 Å². The molecule has 0 unspecified atom stereocenters. The highest BCUT2D eigenvalue weighted by atomic mass is 16.5. The third kappa shape index (κ3) is 3.05. The molecular weight excluding hydrogens is 236 g/mol. The van der Waals surface area contributed by atoms with Crippen LogP contribution in [0.3, 0.4) is 0 Å². The molecule has 0 heterocycles. The Bertz CT molecular complexity index is 614. The molecule has 0 aliphatic rings. The second-order valence-corrected chi connectivity index (χ2v) is 4.20. The van der Waals surface area contributed by atoms with Crippen LogP contribution in [-0.2, 0) is 0 Å². The van der Waals surface area contributed by atoms with Gasteiger partial charge in [-0.2, -0.15) is 5.26 Å². The normalized spacial score (nSPS) is 9.74. The molecule has 0 atom stereocenters. The van der Waals surface area contributed by atoms with Crippen LogP contribution in [0.4, 0.5) is 11.4 Å². The molecule has 0 amide bonds. The van der Waals surface area contributed by atoms with E-state index in [-0.39, 0.29) is 0 Å². The van der Waals surface area contributed by atoms with Crippen LogP contribution in [0.25, 0.3) is 0 Å². The molecule has 19 heavy (non-hydrogen) atoms. The summed E-state index contributed by atoms with van der Waals surface area (Å²) in [7, 11) is 0. The summed E-state index contributed by atoms with van der Waals surface area (Å²) in [4.78, 5) is 0. The molecule has 0 saturated heterocycles. The molecule has 0 aliphatic carbocycles. The lowest BCUT2D eigenvalue weighted by atomic mass is 10.1. The number of benzene rings is 2. The molecule has 96 valence electrons. The highest BCUT2D eigenvalue weighted by Crippen LogP contribution is 2.26. The van der Waals surface area contributed by atoms with Gasteiger partial charge in [-0.3, -0.25) is 0 Å². The van der Waals surface area contributed by atoms with Crippen molar-refractivity contribution < 1.29 is 4.74 Å². The fourth-order valence-corrected chi connectivity index (χ4v) is 1.90. The number of ether oxygens (including phenoxy) is 1. The van der Waals surface area contributed by atoms with Crippen molar-refractivity contribution in [1.82, 2.24) is 0 Å². The third-order valence-electron chi connectivity index (χ3n) is 2.81. The number of nitriles is 1. The summed E-state index contributed by atoms with van der Waals surface area (Å²) >= 11 is 0. The summed E-state index contributed by atoms with van der Waals surface area (Å²) < 4.78 is 5.47. The van der Waals surface area contributed by atoms with Gasteiger partial charge in [-0.25, -0.2) is 0 Å². The van der Waals surface area contributed by atoms with Gasteiger partial charge in [-0.1, -0.05) is 18.2 Å². The number of nitrogens with zero attached hydrogens (tertiary/aromatic N) is 1. The molecule has 0 saturated carbocycles. The van der Waals surface area contributed by atoms with E-state index >= 15 is 0 Å². The van der Waals surface area contributed by atoms with Gasteiger partial charge in [-0.05, 0) is 37.6 Å². The quantitative estimate of drug-likeness (QED) is 0.894. The molecule has 2 rings (SSSR count). The summed E-state index contributed by atoms with van der Waals surface area (Å²) in [6, 6.07) is 15.6. The predicted molar refractivity (Wildman–Crippen MR) is 76.8 cm³/mol. The number of nitrogens with one attached hydrogen (secondary N) is 1. The maximum atomic E-state index is 9.15. The van der Waals surface area contributed by atoms with E-state index < -0.39 is 0 Å². The van der Waals surface area contributed by atoms with Crippen molar-refractivity contribution in [3.8, 4) is 11.8 Å². The summed E-state index contributed by atoms with van der Waals surface area (Å²) in [5.41, 5.74) is 3.44. The van der Waals surface area contributed by atoms with Crippen molar-refractivity contribution >= 4 is 11.4 Å². The minimum Gasteiger partial charge on any atom is -0.494 e. The van der Waals surface area contributed by atoms with Crippen LogP contribution in [0, 0.1) is 18.3 Å². The van der Waals surface area contributed by atoms with Crippen LogP contribution in [0.1, 0.15) is 18.1 Å². The van der Waals surface area contributed by atoms with E-state index in [4.69, 9.17) is 10.00 Å². The molecule has 0 fully saturated rings. The molecule has 3 heteroatoms. The topological polar surface area (TPSA) is 45.0 Å². The SMILES string of the molecule is CCOc1cccc(Nc2c(C)cccc2C#N)c1. The van der Waals surface area contributed by atoms with E-state index in [1.54, 1.807) is 0 Å². The van der Waals surface area contributed by atoms with Gasteiger partial charge in [0, 0.05) is 11.8 Å². The minimum absolute atomic E-state index is 0.636. The highest BCUT2D eigenvalue weighted by molar-refractivity contribution is 5.70. The van der Waals surface area contributed by atoms with Crippen molar-refractivity contribution in [2.75, 3.05) is 11.9 Å². The van der Waals surface area contributed by atoms with Gasteiger partial charge in [0.2, 0.25) is 0 Å². The van der Waals surface area contributed by atoms with Crippen molar-refractivity contribution in [1.29, 1.82) is 5.26 Å². The summed E-state index contributed by atoms with van der Waals surface area (Å²) in [5.74, 6) is 0.819. The average molecular weight is 252 g/mol. The number of rotatable bonds is 4. The molecule has 2 aromatic rings. The lowest BCUT2D eigenvalue weighted by molar-refractivity contribution is 0.340. The zero-order valence-electron chi connectivity index (χ0n) is 11.1. The zero-order valence-corrected chi connectivity index (χ0v) is 11.1. The van der Waals surface area contributed by atoms with E-state index in [1.165, 1.54) is 0 Å². The Kier molecular flexibility index (Phi) is 4.04. The average Bonchev–Trinajstić information content (AvgIpc) is 2.42. The van der Waals surface area contributed by atoms with E-state index in [9.17, 15) is 0 Å². The minimum atomic E-state index is 0.636. The Hall–Kier alpha value is -2.47. The van der Waals surface area contributed by atoms with Gasteiger partial charge in [0.1, 0.15) is 11.8 Å². The first-order valence-electron chi connectivity index (χ1n) is 6.24. The fraction of sp³-hybridized carbons (Fsp3) is 0.188. The van der Waals surface area contributed by atoms with Crippen molar-refractivity contribution in [2.45, 2.75) is 13.8 Å². The number of aryl methyl sites for hydroxylation is 1. The van der Waals surface area contributed by atoms with Gasteiger partial charge in [-0.15, -0.1) is 0 Å². The number of hydrogen-bond donors (Lipinski definition) is 1. The maximum Gasteiger partial charge on any atom is 0.121 e. The molecule has 2 aromatic carbocycles. The lowest BCUT2D eigenvalue weighted by Gasteiger charge is -2.12. The van der Waals surface area contributed by atoms with Crippen molar-refractivity contribution in [3.63, 3.8) is 0 Å². The van der Waals surface area contributed by atoms with Crippen LogP contribution in [-0.4, -0.2) is 6.61 Å². The zero-order chi connectivity index (χ0) is 13.7. The first-order valence-corrected chi connectivity index (χ1v) is 6.24. The van der Waals surface area contributed by atoms with Gasteiger partial charge >= 0.3 is 0 Å². The fourth-order valence-electron chi connectivity index (χ4n) is 1.90. The molecule has 0 spiro atoms. The molecule has 0 radical (unpaired) electrons. The molecule has 0 bridgehead atoms. The number of hydrogen-bond acceptors (Lipinski definition) is 3. The largest absolute Gasteiger partial charge is 0.494 e.